The van der Waals surface area contributed by atoms with Gasteiger partial charge in [0.05, 0.1) is 10.7 Å². The van der Waals surface area contributed by atoms with Crippen molar-refractivity contribution < 1.29 is 14.3 Å². The fourth-order valence-electron chi connectivity index (χ4n) is 2.03. The Morgan fingerprint density at radius 3 is 2.56 bits per heavy atom. The summed E-state index contributed by atoms with van der Waals surface area (Å²) in [5, 5.41) is 5.32. The van der Waals surface area contributed by atoms with Crippen LogP contribution in [0.1, 0.15) is 10.5 Å². The lowest BCUT2D eigenvalue weighted by Crippen LogP contribution is -2.21. The molecule has 0 aliphatic rings. The normalized spacial score (nSPS) is 10.3. The van der Waals surface area contributed by atoms with Crippen LogP contribution in [-0.4, -0.2) is 23.5 Å². The molecule has 5 nitrogen and oxygen atoms in total. The van der Waals surface area contributed by atoms with E-state index >= 15 is 0 Å². The van der Waals surface area contributed by atoms with Crippen LogP contribution < -0.4 is 5.32 Å². The van der Waals surface area contributed by atoms with Crippen molar-refractivity contribution in [2.24, 2.45) is 0 Å². The maximum absolute atomic E-state index is 12.0. The van der Waals surface area contributed by atoms with Gasteiger partial charge in [0.25, 0.3) is 5.91 Å². The van der Waals surface area contributed by atoms with Crippen molar-refractivity contribution in [2.45, 2.75) is 0 Å². The molecule has 0 fully saturated rings. The average Bonchev–Trinajstić information content (AvgIpc) is 3.13. The van der Waals surface area contributed by atoms with Gasteiger partial charge in [0.1, 0.15) is 5.01 Å². The summed E-state index contributed by atoms with van der Waals surface area (Å²) in [6, 6.07) is 16.3. The van der Waals surface area contributed by atoms with Gasteiger partial charge < -0.3 is 10.1 Å². The highest BCUT2D eigenvalue weighted by Crippen LogP contribution is 2.23. The predicted octanol–water partition coefficient (Wildman–Crippen LogP) is 4.26. The fraction of sp³-hybridized carbons (Fsp3) is 0.0556. The van der Waals surface area contributed by atoms with Gasteiger partial charge in [-0.1, -0.05) is 54.1 Å². The van der Waals surface area contributed by atoms with E-state index in [1.807, 2.05) is 30.3 Å². The number of amides is 1. The van der Waals surface area contributed by atoms with Crippen LogP contribution in [0.25, 0.3) is 10.6 Å². The Hall–Kier alpha value is -2.70. The second-order valence-corrected chi connectivity index (χ2v) is 6.27. The summed E-state index contributed by atoms with van der Waals surface area (Å²) >= 11 is 7.30. The van der Waals surface area contributed by atoms with Crippen LogP contribution >= 0.6 is 22.9 Å². The SMILES string of the molecule is O=C(COC(=O)c1csc(-c2ccccc2)n1)Nc1ccccc1Cl. The summed E-state index contributed by atoms with van der Waals surface area (Å²) in [5.74, 6) is -1.12. The standard InChI is InChI=1S/C18H13ClN2O3S/c19-13-8-4-5-9-14(13)20-16(22)10-24-18(23)15-11-25-17(21-15)12-6-2-1-3-7-12/h1-9,11H,10H2,(H,20,22). The largest absolute Gasteiger partial charge is 0.451 e. The van der Waals surface area contributed by atoms with Crippen LogP contribution in [0.2, 0.25) is 5.02 Å². The van der Waals surface area contributed by atoms with Crippen molar-refractivity contribution in [2.75, 3.05) is 11.9 Å². The van der Waals surface area contributed by atoms with Gasteiger partial charge >= 0.3 is 5.97 Å². The summed E-state index contributed by atoms with van der Waals surface area (Å²) in [7, 11) is 0. The minimum atomic E-state index is -0.646. The molecule has 0 aliphatic heterocycles. The molecule has 0 aliphatic carbocycles. The van der Waals surface area contributed by atoms with Gasteiger partial charge in [-0.3, -0.25) is 4.79 Å². The Morgan fingerprint density at radius 1 is 1.08 bits per heavy atom. The van der Waals surface area contributed by atoms with E-state index in [9.17, 15) is 9.59 Å². The molecule has 1 N–H and O–H groups in total. The number of rotatable bonds is 5. The highest BCUT2D eigenvalue weighted by Gasteiger charge is 2.15. The molecule has 3 rings (SSSR count). The number of nitrogens with zero attached hydrogens (tertiary/aromatic N) is 1. The Kier molecular flexibility index (Phi) is 5.42. The topological polar surface area (TPSA) is 68.3 Å². The molecule has 2 aromatic carbocycles. The Labute approximate surface area is 153 Å². The Morgan fingerprint density at radius 2 is 1.80 bits per heavy atom. The van der Waals surface area contributed by atoms with Crippen LogP contribution in [0.15, 0.2) is 60.0 Å². The first kappa shape index (κ1) is 17.1. The third kappa shape index (κ3) is 4.43. The molecule has 0 saturated heterocycles. The Bertz CT molecular complexity index is 896. The van der Waals surface area contributed by atoms with Crippen LogP contribution in [0.3, 0.4) is 0 Å². The second kappa shape index (κ2) is 7.92. The zero-order valence-electron chi connectivity index (χ0n) is 12.9. The molecule has 1 heterocycles. The zero-order valence-corrected chi connectivity index (χ0v) is 14.5. The minimum Gasteiger partial charge on any atom is -0.451 e. The molecule has 7 heteroatoms. The molecule has 0 spiro atoms. The number of aromatic nitrogens is 1. The number of nitrogens with one attached hydrogen (secondary N) is 1. The van der Waals surface area contributed by atoms with E-state index < -0.39 is 18.5 Å². The first-order valence-corrected chi connectivity index (χ1v) is 8.61. The molecule has 0 radical (unpaired) electrons. The third-order valence-electron chi connectivity index (χ3n) is 3.22. The van der Waals surface area contributed by atoms with Gasteiger partial charge in [0.2, 0.25) is 0 Å². The molecule has 1 aromatic heterocycles. The van der Waals surface area contributed by atoms with Crippen molar-refractivity contribution >= 4 is 40.5 Å². The summed E-state index contributed by atoms with van der Waals surface area (Å²) in [6.45, 7) is -0.414. The monoisotopic (exact) mass is 372 g/mol. The number of hydrogen-bond acceptors (Lipinski definition) is 5. The molecular formula is C18H13ClN2O3S. The van der Waals surface area contributed by atoms with Crippen LogP contribution in [-0.2, 0) is 9.53 Å². The lowest BCUT2D eigenvalue weighted by atomic mass is 10.2. The molecule has 126 valence electrons. The number of benzene rings is 2. The molecule has 0 bridgehead atoms. The fourth-order valence-corrected chi connectivity index (χ4v) is 3.01. The van der Waals surface area contributed by atoms with Crippen molar-refractivity contribution in [1.29, 1.82) is 0 Å². The number of carbonyl (C=O) groups excluding carboxylic acids is 2. The van der Waals surface area contributed by atoms with Crippen molar-refractivity contribution in [1.82, 2.24) is 4.98 Å². The van der Waals surface area contributed by atoms with E-state index in [0.717, 1.165) is 5.56 Å². The zero-order chi connectivity index (χ0) is 17.6. The van der Waals surface area contributed by atoms with Gasteiger partial charge in [0.15, 0.2) is 12.3 Å². The lowest BCUT2D eigenvalue weighted by Gasteiger charge is -2.07. The third-order valence-corrected chi connectivity index (χ3v) is 4.44. The first-order chi connectivity index (χ1) is 12.1. The molecule has 25 heavy (non-hydrogen) atoms. The van der Waals surface area contributed by atoms with Crippen molar-refractivity contribution in [3.05, 3.63) is 70.7 Å². The molecule has 0 atom stereocenters. The number of halogens is 1. The summed E-state index contributed by atoms with van der Waals surface area (Å²) in [6.07, 6.45) is 0. The van der Waals surface area contributed by atoms with E-state index in [1.165, 1.54) is 11.3 Å². The first-order valence-electron chi connectivity index (χ1n) is 7.36. The summed E-state index contributed by atoms with van der Waals surface area (Å²) < 4.78 is 5.00. The summed E-state index contributed by atoms with van der Waals surface area (Å²) in [5.41, 5.74) is 1.56. The van der Waals surface area contributed by atoms with Crippen LogP contribution in [0.5, 0.6) is 0 Å². The van der Waals surface area contributed by atoms with Crippen LogP contribution in [0, 0.1) is 0 Å². The predicted molar refractivity (Wildman–Crippen MR) is 97.9 cm³/mol. The maximum Gasteiger partial charge on any atom is 0.358 e. The number of para-hydroxylation sites is 1. The second-order valence-electron chi connectivity index (χ2n) is 5.01. The van der Waals surface area contributed by atoms with E-state index in [2.05, 4.69) is 10.3 Å². The molecular weight excluding hydrogens is 360 g/mol. The number of hydrogen-bond donors (Lipinski definition) is 1. The molecule has 0 unspecified atom stereocenters. The highest BCUT2D eigenvalue weighted by molar-refractivity contribution is 7.13. The van der Waals surface area contributed by atoms with E-state index in [0.29, 0.717) is 15.7 Å². The number of thiazole rings is 1. The minimum absolute atomic E-state index is 0.175. The number of ether oxygens (including phenoxy) is 1. The van der Waals surface area contributed by atoms with Gasteiger partial charge in [-0.25, -0.2) is 9.78 Å². The lowest BCUT2D eigenvalue weighted by molar-refractivity contribution is -0.119. The number of esters is 1. The quantitative estimate of drug-likeness (QED) is 0.679. The van der Waals surface area contributed by atoms with Gasteiger partial charge in [-0.15, -0.1) is 11.3 Å². The van der Waals surface area contributed by atoms with Crippen molar-refractivity contribution in [3.63, 3.8) is 0 Å². The molecule has 3 aromatic rings. The molecule has 0 saturated carbocycles. The number of carbonyl (C=O) groups is 2. The number of anilines is 1. The molecule has 1 amide bonds. The van der Waals surface area contributed by atoms with Gasteiger partial charge in [-0.2, -0.15) is 0 Å². The van der Waals surface area contributed by atoms with Gasteiger partial charge in [-0.05, 0) is 12.1 Å². The van der Waals surface area contributed by atoms with E-state index in [-0.39, 0.29) is 5.69 Å². The van der Waals surface area contributed by atoms with Gasteiger partial charge in [0, 0.05) is 10.9 Å². The highest BCUT2D eigenvalue weighted by atomic mass is 35.5. The smallest absolute Gasteiger partial charge is 0.358 e. The summed E-state index contributed by atoms with van der Waals surface area (Å²) in [4.78, 5) is 28.1. The van der Waals surface area contributed by atoms with E-state index in [1.54, 1.807) is 29.6 Å². The Balaban J connectivity index is 1.57. The van der Waals surface area contributed by atoms with Crippen molar-refractivity contribution in [3.8, 4) is 10.6 Å². The van der Waals surface area contributed by atoms with E-state index in [4.69, 9.17) is 16.3 Å². The average molecular weight is 373 g/mol. The maximum atomic E-state index is 12.0. The van der Waals surface area contributed by atoms with Crippen LogP contribution in [0.4, 0.5) is 5.69 Å².